The van der Waals surface area contributed by atoms with E-state index in [0.717, 1.165) is 22.8 Å². The summed E-state index contributed by atoms with van der Waals surface area (Å²) < 4.78 is 6.13. The summed E-state index contributed by atoms with van der Waals surface area (Å²) in [5.74, 6) is 1.45. The quantitative estimate of drug-likeness (QED) is 0.358. The maximum atomic E-state index is 6.13. The van der Waals surface area contributed by atoms with Crippen molar-refractivity contribution in [2.75, 3.05) is 28.8 Å². The summed E-state index contributed by atoms with van der Waals surface area (Å²) in [5, 5.41) is 0. The molecule has 3 aromatic rings. The van der Waals surface area contributed by atoms with Crippen molar-refractivity contribution >= 4 is 22.7 Å². The van der Waals surface area contributed by atoms with E-state index in [-0.39, 0.29) is 28.5 Å². The van der Waals surface area contributed by atoms with Gasteiger partial charge in [-0.2, -0.15) is 19.4 Å². The molecule has 160 valence electrons. The molecule has 2 heterocycles. The minimum atomic E-state index is 0. The molecule has 0 unspecified atom stereocenters. The first-order valence-corrected chi connectivity index (χ1v) is 9.47. The number of benzene rings is 3. The normalized spacial score (nSPS) is 14.3. The van der Waals surface area contributed by atoms with Gasteiger partial charge in [0.2, 0.25) is 0 Å². The van der Waals surface area contributed by atoms with E-state index in [1.54, 1.807) is 0 Å². The Hall–Kier alpha value is -2.91. The number of hydrogen-bond acceptors (Lipinski definition) is 5. The summed E-state index contributed by atoms with van der Waals surface area (Å²) in [4.78, 5) is 8.29. The third-order valence-electron chi connectivity index (χ3n) is 4.93. The molecule has 0 atom stereocenters. The molecule has 3 aromatic carbocycles. The molecule has 0 saturated carbocycles. The van der Waals surface area contributed by atoms with Crippen molar-refractivity contribution in [3.63, 3.8) is 0 Å². The smallest absolute Gasteiger partial charge is 0.510 e. The van der Waals surface area contributed by atoms with Crippen molar-refractivity contribution in [2.45, 2.75) is 0 Å². The Kier molecular flexibility index (Phi) is 6.97. The molecular formula is C25H24N4OPt. The van der Waals surface area contributed by atoms with E-state index >= 15 is 0 Å². The molecule has 2 aliphatic rings. The second-order valence-electron chi connectivity index (χ2n) is 7.07. The minimum Gasteiger partial charge on any atom is -0.510 e. The van der Waals surface area contributed by atoms with E-state index < -0.39 is 0 Å². The van der Waals surface area contributed by atoms with Crippen LogP contribution in [0.15, 0.2) is 79.1 Å². The fourth-order valence-corrected chi connectivity index (χ4v) is 3.53. The number of rotatable bonds is 4. The van der Waals surface area contributed by atoms with Gasteiger partial charge in [-0.3, -0.25) is 0 Å². The molecule has 0 aliphatic carbocycles. The molecule has 0 aromatic heterocycles. The number of anilines is 4. The van der Waals surface area contributed by atoms with Crippen LogP contribution in [-0.2, 0) is 21.1 Å². The molecule has 31 heavy (non-hydrogen) atoms. The third kappa shape index (κ3) is 4.57. The number of fused-ring (bicyclic) bond motifs is 1. The van der Waals surface area contributed by atoms with Gasteiger partial charge < -0.3 is 31.8 Å². The Balaban J connectivity index is 0.00000136. The van der Waals surface area contributed by atoms with Gasteiger partial charge in [0.1, 0.15) is 5.75 Å². The Morgan fingerprint density at radius 1 is 0.839 bits per heavy atom. The zero-order valence-electron chi connectivity index (χ0n) is 17.7. The van der Waals surface area contributed by atoms with Gasteiger partial charge >= 0.3 is 21.1 Å². The average Bonchev–Trinajstić information content (AvgIpc) is 3.32. The Morgan fingerprint density at radius 2 is 1.61 bits per heavy atom. The SMILES string of the molecule is CN1C=CN(c2[c-]c(Oc3cccc(N4[CH-]N(C)c5ccccc54)c3)ccc2)[CH-]1.[CH3-].[Pt+4]. The summed E-state index contributed by atoms with van der Waals surface area (Å²) in [5.41, 5.74) is 4.32. The molecule has 0 N–H and O–H groups in total. The number of nitrogens with zero attached hydrogens (tertiary/aromatic N) is 4. The van der Waals surface area contributed by atoms with Crippen LogP contribution in [0.1, 0.15) is 0 Å². The van der Waals surface area contributed by atoms with Gasteiger partial charge in [0.15, 0.2) is 0 Å². The van der Waals surface area contributed by atoms with Crippen molar-refractivity contribution < 1.29 is 25.8 Å². The van der Waals surface area contributed by atoms with Crippen molar-refractivity contribution in [3.05, 3.63) is 106 Å². The third-order valence-corrected chi connectivity index (χ3v) is 4.93. The Bertz CT molecular complexity index is 1070. The van der Waals surface area contributed by atoms with E-state index in [1.165, 1.54) is 5.69 Å². The molecule has 5 rings (SSSR count). The van der Waals surface area contributed by atoms with Crippen molar-refractivity contribution in [1.82, 2.24) is 4.90 Å². The number of ether oxygens (including phenoxy) is 1. The van der Waals surface area contributed by atoms with Crippen LogP contribution in [0, 0.1) is 26.8 Å². The van der Waals surface area contributed by atoms with Gasteiger partial charge in [0, 0.05) is 28.9 Å². The van der Waals surface area contributed by atoms with Crippen LogP contribution in [0.25, 0.3) is 0 Å². The summed E-state index contributed by atoms with van der Waals surface area (Å²) in [7, 11) is 4.05. The number of para-hydroxylation sites is 2. The fraction of sp³-hybridized carbons (Fsp3) is 0.0800. The van der Waals surface area contributed by atoms with Crippen LogP contribution in [0.4, 0.5) is 22.7 Å². The maximum Gasteiger partial charge on any atom is 4.00 e. The van der Waals surface area contributed by atoms with Crippen LogP contribution in [0.2, 0.25) is 0 Å². The summed E-state index contributed by atoms with van der Waals surface area (Å²) in [6.07, 6.45) is 3.99. The molecule has 5 nitrogen and oxygen atoms in total. The van der Waals surface area contributed by atoms with Crippen molar-refractivity contribution in [1.29, 1.82) is 0 Å². The first-order chi connectivity index (χ1) is 14.2. The predicted molar refractivity (Wildman–Crippen MR) is 123 cm³/mol. The number of hydrogen-bond donors (Lipinski definition) is 0. The van der Waals surface area contributed by atoms with Gasteiger partial charge in [0.05, 0.1) is 0 Å². The van der Waals surface area contributed by atoms with E-state index in [2.05, 4.69) is 59.9 Å². The van der Waals surface area contributed by atoms with Crippen molar-refractivity contribution in [3.8, 4) is 11.5 Å². The molecule has 2 aliphatic heterocycles. The molecule has 6 heteroatoms. The topological polar surface area (TPSA) is 22.2 Å². The van der Waals surface area contributed by atoms with Crippen molar-refractivity contribution in [2.24, 2.45) is 0 Å². The van der Waals surface area contributed by atoms with Crippen LogP contribution >= 0.6 is 0 Å². The second-order valence-corrected chi connectivity index (χ2v) is 7.07. The largest absolute Gasteiger partial charge is 4.00 e. The standard InChI is InChI=1S/C24H21N4O.CH3.Pt/c1-25-13-14-27(17-25)19-7-5-9-21(15-19)29-22-10-6-8-20(16-22)28-18-26(2)23-11-3-4-12-24(23)28;;/h3-14,16-18H,1-2H3;1H3;/q-3;-1;+4. The van der Waals surface area contributed by atoms with Gasteiger partial charge in [-0.25, -0.2) is 0 Å². The zero-order valence-corrected chi connectivity index (χ0v) is 19.9. The molecule has 0 spiro atoms. The van der Waals surface area contributed by atoms with Gasteiger partial charge in [0.25, 0.3) is 0 Å². The monoisotopic (exact) mass is 591 g/mol. The van der Waals surface area contributed by atoms with Gasteiger partial charge in [-0.05, 0) is 50.8 Å². The maximum absolute atomic E-state index is 6.13. The van der Waals surface area contributed by atoms with E-state index in [9.17, 15) is 0 Å². The average molecular weight is 592 g/mol. The first-order valence-electron chi connectivity index (χ1n) is 9.47. The van der Waals surface area contributed by atoms with Gasteiger partial charge in [-0.15, -0.1) is 23.9 Å². The Morgan fingerprint density at radius 3 is 2.39 bits per heavy atom. The summed E-state index contributed by atoms with van der Waals surface area (Å²) >= 11 is 0. The summed E-state index contributed by atoms with van der Waals surface area (Å²) in [6, 6.07) is 25.7. The first kappa shape index (κ1) is 22.8. The van der Waals surface area contributed by atoms with Crippen LogP contribution in [0.5, 0.6) is 11.5 Å². The molecule has 0 fully saturated rings. The van der Waals surface area contributed by atoms with E-state index in [0.29, 0.717) is 5.75 Å². The second kappa shape index (κ2) is 9.48. The molecular weight excluding hydrogens is 567 g/mol. The van der Waals surface area contributed by atoms with E-state index in [1.807, 2.05) is 72.3 Å². The fourth-order valence-electron chi connectivity index (χ4n) is 3.53. The Labute approximate surface area is 199 Å². The van der Waals surface area contributed by atoms with Crippen LogP contribution in [-0.4, -0.2) is 19.0 Å². The van der Waals surface area contributed by atoms with Crippen LogP contribution < -0.4 is 19.4 Å². The minimum absolute atomic E-state index is 0. The van der Waals surface area contributed by atoms with E-state index in [4.69, 9.17) is 4.74 Å². The van der Waals surface area contributed by atoms with Gasteiger partial charge in [-0.1, -0.05) is 18.2 Å². The molecule has 0 amide bonds. The van der Waals surface area contributed by atoms with Crippen LogP contribution in [0.3, 0.4) is 0 Å². The molecule has 0 bridgehead atoms. The zero-order chi connectivity index (χ0) is 19.8. The predicted octanol–water partition coefficient (Wildman–Crippen LogP) is 5.78. The molecule has 0 radical (unpaired) electrons. The summed E-state index contributed by atoms with van der Waals surface area (Å²) in [6.45, 7) is 4.08. The molecule has 0 saturated heterocycles.